The van der Waals surface area contributed by atoms with Crippen LogP contribution < -0.4 is 4.90 Å². The molecule has 1 fully saturated rings. The first kappa shape index (κ1) is 14.2. The zero-order valence-corrected chi connectivity index (χ0v) is 12.2. The van der Waals surface area contributed by atoms with Gasteiger partial charge in [-0.3, -0.25) is 0 Å². The Labute approximate surface area is 119 Å². The highest BCUT2D eigenvalue weighted by molar-refractivity contribution is 6.33. The van der Waals surface area contributed by atoms with Crippen LogP contribution in [0, 0.1) is 5.92 Å². The van der Waals surface area contributed by atoms with Gasteiger partial charge in [-0.2, -0.15) is 0 Å². The van der Waals surface area contributed by atoms with Crippen LogP contribution in [0.3, 0.4) is 0 Å². The first-order valence-corrected chi connectivity index (χ1v) is 7.12. The van der Waals surface area contributed by atoms with Crippen molar-refractivity contribution < 1.29 is 9.90 Å². The lowest BCUT2D eigenvalue weighted by Gasteiger charge is -2.36. The molecule has 2 rings (SSSR count). The predicted octanol–water partition coefficient (Wildman–Crippen LogP) is 4.05. The van der Waals surface area contributed by atoms with Crippen LogP contribution >= 0.6 is 11.6 Å². The number of carboxylic acids is 1. The highest BCUT2D eigenvalue weighted by Gasteiger charge is 2.23. The topological polar surface area (TPSA) is 40.5 Å². The van der Waals surface area contributed by atoms with Crippen molar-refractivity contribution in [3.05, 3.63) is 28.8 Å². The van der Waals surface area contributed by atoms with E-state index in [1.165, 1.54) is 31.7 Å². The van der Waals surface area contributed by atoms with Crippen molar-refractivity contribution in [2.75, 3.05) is 11.9 Å². The molecule has 0 amide bonds. The molecule has 0 aliphatic heterocycles. The maximum absolute atomic E-state index is 10.9. The second-order valence-corrected chi connectivity index (χ2v) is 5.92. The Morgan fingerprint density at radius 2 is 2.16 bits per heavy atom. The molecule has 1 saturated carbocycles. The van der Waals surface area contributed by atoms with Gasteiger partial charge in [-0.15, -0.1) is 0 Å². The first-order chi connectivity index (χ1) is 8.99. The third kappa shape index (κ3) is 3.21. The van der Waals surface area contributed by atoms with Gasteiger partial charge in [0.15, 0.2) is 0 Å². The molecule has 4 heteroatoms. The van der Waals surface area contributed by atoms with Crippen LogP contribution in [0.4, 0.5) is 5.69 Å². The third-order valence-corrected chi connectivity index (χ3v) is 4.33. The molecule has 2 atom stereocenters. The number of benzene rings is 1. The fraction of sp³-hybridized carbons (Fsp3) is 0.533. The van der Waals surface area contributed by atoms with Gasteiger partial charge in [0.2, 0.25) is 0 Å². The van der Waals surface area contributed by atoms with Crippen molar-refractivity contribution in [2.45, 2.75) is 38.6 Å². The van der Waals surface area contributed by atoms with Crippen molar-refractivity contribution in [1.82, 2.24) is 0 Å². The Bertz CT molecular complexity index is 475. The number of aromatic carboxylic acids is 1. The van der Waals surface area contributed by atoms with Gasteiger partial charge >= 0.3 is 5.97 Å². The summed E-state index contributed by atoms with van der Waals surface area (Å²) in [7, 11) is 2.05. The molecule has 0 spiro atoms. The summed E-state index contributed by atoms with van der Waals surface area (Å²) in [6, 6.07) is 5.45. The minimum Gasteiger partial charge on any atom is -0.478 e. The first-order valence-electron chi connectivity index (χ1n) is 6.74. The van der Waals surface area contributed by atoms with Crippen molar-refractivity contribution in [3.63, 3.8) is 0 Å². The SMILES string of the molecule is CC1CCCC(N(C)c2ccc(C(=O)O)cc2Cl)C1. The van der Waals surface area contributed by atoms with Crippen molar-refractivity contribution in [2.24, 2.45) is 5.92 Å². The van der Waals surface area contributed by atoms with Crippen molar-refractivity contribution in [3.8, 4) is 0 Å². The Morgan fingerprint density at radius 3 is 2.74 bits per heavy atom. The van der Waals surface area contributed by atoms with Gasteiger partial charge < -0.3 is 10.0 Å². The Kier molecular flexibility index (Phi) is 4.35. The predicted molar refractivity (Wildman–Crippen MR) is 78.2 cm³/mol. The van der Waals surface area contributed by atoms with Gasteiger partial charge in [-0.25, -0.2) is 4.79 Å². The van der Waals surface area contributed by atoms with Crippen LogP contribution in [0.1, 0.15) is 43.0 Å². The quantitative estimate of drug-likeness (QED) is 0.908. The van der Waals surface area contributed by atoms with Crippen LogP contribution in [0.15, 0.2) is 18.2 Å². The number of halogens is 1. The van der Waals surface area contributed by atoms with E-state index in [0.29, 0.717) is 11.1 Å². The van der Waals surface area contributed by atoms with E-state index >= 15 is 0 Å². The van der Waals surface area contributed by atoms with Crippen LogP contribution in [0.5, 0.6) is 0 Å². The standard InChI is InChI=1S/C15H20ClNO2/c1-10-4-3-5-12(8-10)17(2)14-7-6-11(15(18)19)9-13(14)16/h6-7,9-10,12H,3-5,8H2,1-2H3,(H,18,19). The molecular formula is C15H20ClNO2. The lowest BCUT2D eigenvalue weighted by molar-refractivity contribution is 0.0697. The third-order valence-electron chi connectivity index (χ3n) is 4.03. The average Bonchev–Trinajstić information content (AvgIpc) is 2.37. The van der Waals surface area contributed by atoms with Gasteiger partial charge in [0.25, 0.3) is 0 Å². The van der Waals surface area contributed by atoms with Gasteiger partial charge in [-0.1, -0.05) is 31.4 Å². The molecular weight excluding hydrogens is 262 g/mol. The Morgan fingerprint density at radius 1 is 1.42 bits per heavy atom. The number of hydrogen-bond acceptors (Lipinski definition) is 2. The fourth-order valence-corrected chi connectivity index (χ4v) is 3.19. The van der Waals surface area contributed by atoms with Gasteiger partial charge in [0, 0.05) is 13.1 Å². The second kappa shape index (κ2) is 5.83. The summed E-state index contributed by atoms with van der Waals surface area (Å²) >= 11 is 6.22. The zero-order chi connectivity index (χ0) is 14.0. The van der Waals surface area contributed by atoms with Crippen LogP contribution in [-0.2, 0) is 0 Å². The summed E-state index contributed by atoms with van der Waals surface area (Å²) in [4.78, 5) is 13.1. The highest BCUT2D eigenvalue weighted by Crippen LogP contribution is 2.33. The summed E-state index contributed by atoms with van der Waals surface area (Å²) in [5.74, 6) is -0.194. The lowest BCUT2D eigenvalue weighted by atomic mass is 9.86. The summed E-state index contributed by atoms with van der Waals surface area (Å²) in [6.07, 6.45) is 4.91. The summed E-state index contributed by atoms with van der Waals surface area (Å²) in [5.41, 5.74) is 1.16. The monoisotopic (exact) mass is 281 g/mol. The maximum Gasteiger partial charge on any atom is 0.335 e. The zero-order valence-electron chi connectivity index (χ0n) is 11.4. The molecule has 0 saturated heterocycles. The summed E-state index contributed by atoms with van der Waals surface area (Å²) < 4.78 is 0. The molecule has 0 heterocycles. The van der Waals surface area contributed by atoms with E-state index < -0.39 is 5.97 Å². The van der Waals surface area contributed by atoms with E-state index in [1.807, 2.05) is 13.1 Å². The van der Waals surface area contributed by atoms with Gasteiger partial charge in [-0.05, 0) is 37.0 Å². The number of carboxylic acid groups (broad SMARTS) is 1. The van der Waals surface area contributed by atoms with Crippen LogP contribution in [0.2, 0.25) is 5.02 Å². The largest absolute Gasteiger partial charge is 0.478 e. The minimum atomic E-state index is -0.942. The second-order valence-electron chi connectivity index (χ2n) is 5.51. The van der Waals surface area contributed by atoms with Crippen molar-refractivity contribution >= 4 is 23.3 Å². The minimum absolute atomic E-state index is 0.235. The molecule has 1 aromatic rings. The van der Waals surface area contributed by atoms with Gasteiger partial charge in [0.1, 0.15) is 0 Å². The van der Waals surface area contributed by atoms with E-state index in [1.54, 1.807) is 6.07 Å². The maximum atomic E-state index is 10.9. The van der Waals surface area contributed by atoms with E-state index in [-0.39, 0.29) is 5.56 Å². The van der Waals surface area contributed by atoms with Gasteiger partial charge in [0.05, 0.1) is 16.3 Å². The van der Waals surface area contributed by atoms with E-state index in [4.69, 9.17) is 16.7 Å². The lowest BCUT2D eigenvalue weighted by Crippen LogP contribution is -2.35. The molecule has 1 N–H and O–H groups in total. The van der Waals surface area contributed by atoms with E-state index in [2.05, 4.69) is 11.8 Å². The molecule has 0 aromatic heterocycles. The number of hydrogen-bond donors (Lipinski definition) is 1. The number of anilines is 1. The normalized spacial score (nSPS) is 23.1. The molecule has 0 radical (unpaired) electrons. The molecule has 0 bridgehead atoms. The molecule has 1 aliphatic carbocycles. The molecule has 19 heavy (non-hydrogen) atoms. The summed E-state index contributed by atoms with van der Waals surface area (Å²) in [6.45, 7) is 2.29. The van der Waals surface area contributed by atoms with Crippen LogP contribution in [0.25, 0.3) is 0 Å². The number of carbonyl (C=O) groups is 1. The van der Waals surface area contributed by atoms with Crippen molar-refractivity contribution in [1.29, 1.82) is 0 Å². The smallest absolute Gasteiger partial charge is 0.335 e. The molecule has 2 unspecified atom stereocenters. The molecule has 104 valence electrons. The van der Waals surface area contributed by atoms with E-state index in [9.17, 15) is 4.79 Å². The number of nitrogens with zero attached hydrogens (tertiary/aromatic N) is 1. The number of rotatable bonds is 3. The van der Waals surface area contributed by atoms with Crippen LogP contribution in [-0.4, -0.2) is 24.2 Å². The Balaban J connectivity index is 2.19. The molecule has 1 aromatic carbocycles. The molecule has 3 nitrogen and oxygen atoms in total. The Hall–Kier alpha value is -1.22. The fourth-order valence-electron chi connectivity index (χ4n) is 2.88. The summed E-state index contributed by atoms with van der Waals surface area (Å²) in [5, 5.41) is 9.46. The highest BCUT2D eigenvalue weighted by atomic mass is 35.5. The van der Waals surface area contributed by atoms with E-state index in [0.717, 1.165) is 11.6 Å². The average molecular weight is 282 g/mol. The molecule has 1 aliphatic rings.